The number of hydrogen-bond donors (Lipinski definition) is 2. The van der Waals surface area contributed by atoms with Crippen LogP contribution in [0, 0.1) is 11.3 Å². The lowest BCUT2D eigenvalue weighted by Gasteiger charge is -2.10. The Balaban J connectivity index is 2.19. The molecule has 0 aliphatic heterocycles. The Morgan fingerprint density at radius 3 is 2.38 bits per heavy atom. The zero-order valence-electron chi connectivity index (χ0n) is 11.2. The summed E-state index contributed by atoms with van der Waals surface area (Å²) in [6, 6.07) is 15.3. The molecule has 2 aromatic rings. The van der Waals surface area contributed by atoms with Crippen LogP contribution in [-0.2, 0) is 11.2 Å². The molecular weight excluding hydrogens is 266 g/mol. The van der Waals surface area contributed by atoms with Gasteiger partial charge in [0.1, 0.15) is 0 Å². The normalized spacial score (nSPS) is 9.67. The van der Waals surface area contributed by atoms with Crippen LogP contribution in [0.25, 0.3) is 0 Å². The third-order valence-electron chi connectivity index (χ3n) is 2.91. The minimum Gasteiger partial charge on any atom is -0.369 e. The molecule has 0 atom stereocenters. The monoisotopic (exact) mass is 279 g/mol. The van der Waals surface area contributed by atoms with Gasteiger partial charge in [-0.05, 0) is 35.9 Å². The van der Waals surface area contributed by atoms with Gasteiger partial charge in [-0.15, -0.1) is 0 Å². The predicted molar refractivity (Wildman–Crippen MR) is 78.5 cm³/mol. The van der Waals surface area contributed by atoms with Crippen molar-refractivity contribution in [3.63, 3.8) is 0 Å². The Morgan fingerprint density at radius 2 is 1.76 bits per heavy atom. The van der Waals surface area contributed by atoms with Crippen LogP contribution in [-0.4, -0.2) is 11.8 Å². The first-order valence-corrected chi connectivity index (χ1v) is 6.28. The van der Waals surface area contributed by atoms with E-state index in [0.717, 1.165) is 0 Å². The first kappa shape index (κ1) is 14.3. The van der Waals surface area contributed by atoms with Crippen molar-refractivity contribution in [2.75, 3.05) is 5.32 Å². The van der Waals surface area contributed by atoms with E-state index in [1.54, 1.807) is 48.5 Å². The van der Waals surface area contributed by atoms with Crippen molar-refractivity contribution in [1.29, 1.82) is 5.26 Å². The molecule has 0 unspecified atom stereocenters. The molecule has 0 spiro atoms. The number of para-hydroxylation sites is 1. The molecule has 0 fully saturated rings. The molecule has 0 aromatic heterocycles. The third-order valence-corrected chi connectivity index (χ3v) is 2.91. The topological polar surface area (TPSA) is 96.0 Å². The summed E-state index contributed by atoms with van der Waals surface area (Å²) in [5.41, 5.74) is 7.31. The summed E-state index contributed by atoms with van der Waals surface area (Å²) in [4.78, 5) is 23.2. The first-order valence-electron chi connectivity index (χ1n) is 6.28. The van der Waals surface area contributed by atoms with Crippen molar-refractivity contribution >= 4 is 17.5 Å². The molecule has 0 aliphatic carbocycles. The molecule has 2 rings (SSSR count). The molecule has 0 aliphatic rings. The van der Waals surface area contributed by atoms with Gasteiger partial charge in [-0.1, -0.05) is 18.2 Å². The second-order valence-corrected chi connectivity index (χ2v) is 4.44. The summed E-state index contributed by atoms with van der Waals surface area (Å²) >= 11 is 0. The molecule has 0 saturated carbocycles. The van der Waals surface area contributed by atoms with E-state index in [9.17, 15) is 9.59 Å². The number of nitrogens with zero attached hydrogens (tertiary/aromatic N) is 1. The summed E-state index contributed by atoms with van der Waals surface area (Å²) in [6.07, 6.45) is 0.0593. The number of anilines is 1. The van der Waals surface area contributed by atoms with Crippen LogP contribution in [0.3, 0.4) is 0 Å². The highest BCUT2D eigenvalue weighted by Crippen LogP contribution is 2.17. The van der Waals surface area contributed by atoms with Crippen LogP contribution >= 0.6 is 0 Å². The Hall–Kier alpha value is -3.13. The Kier molecular flexibility index (Phi) is 4.32. The number of benzene rings is 2. The van der Waals surface area contributed by atoms with E-state index in [4.69, 9.17) is 11.0 Å². The Bertz CT molecular complexity index is 715. The lowest BCUT2D eigenvalue weighted by atomic mass is 10.1. The van der Waals surface area contributed by atoms with Crippen LogP contribution < -0.4 is 11.1 Å². The van der Waals surface area contributed by atoms with E-state index in [1.165, 1.54) is 0 Å². The summed E-state index contributed by atoms with van der Waals surface area (Å²) in [5, 5.41) is 11.5. The maximum Gasteiger partial charge on any atom is 0.255 e. The van der Waals surface area contributed by atoms with E-state index < -0.39 is 5.91 Å². The SMILES string of the molecule is N#Cc1ccc(C(=O)Nc2ccccc2CC(N)=O)cc1. The third kappa shape index (κ3) is 3.67. The Labute approximate surface area is 122 Å². The van der Waals surface area contributed by atoms with Gasteiger partial charge in [0, 0.05) is 11.3 Å². The van der Waals surface area contributed by atoms with Crippen molar-refractivity contribution in [3.8, 4) is 6.07 Å². The van der Waals surface area contributed by atoms with Crippen LogP contribution in [0.5, 0.6) is 0 Å². The van der Waals surface area contributed by atoms with E-state index in [1.807, 2.05) is 6.07 Å². The molecule has 3 N–H and O–H groups in total. The maximum absolute atomic E-state index is 12.1. The Morgan fingerprint density at radius 1 is 1.10 bits per heavy atom. The van der Waals surface area contributed by atoms with Crippen LogP contribution in [0.4, 0.5) is 5.69 Å². The van der Waals surface area contributed by atoms with Gasteiger partial charge in [-0.3, -0.25) is 9.59 Å². The number of nitriles is 1. The lowest BCUT2D eigenvalue weighted by molar-refractivity contribution is -0.117. The van der Waals surface area contributed by atoms with Crippen molar-refractivity contribution < 1.29 is 9.59 Å². The molecule has 0 heterocycles. The van der Waals surface area contributed by atoms with Crippen molar-refractivity contribution in [3.05, 3.63) is 65.2 Å². The van der Waals surface area contributed by atoms with Gasteiger partial charge in [-0.2, -0.15) is 5.26 Å². The predicted octanol–water partition coefficient (Wildman–Crippen LogP) is 1.84. The quantitative estimate of drug-likeness (QED) is 0.893. The van der Waals surface area contributed by atoms with Gasteiger partial charge in [-0.25, -0.2) is 0 Å². The van der Waals surface area contributed by atoms with Crippen molar-refractivity contribution in [1.82, 2.24) is 0 Å². The van der Waals surface area contributed by atoms with Gasteiger partial charge >= 0.3 is 0 Å². The lowest BCUT2D eigenvalue weighted by Crippen LogP contribution is -2.17. The fourth-order valence-electron chi connectivity index (χ4n) is 1.87. The molecule has 0 bridgehead atoms. The molecule has 21 heavy (non-hydrogen) atoms. The van der Waals surface area contributed by atoms with Crippen LogP contribution in [0.1, 0.15) is 21.5 Å². The second kappa shape index (κ2) is 6.35. The van der Waals surface area contributed by atoms with E-state index in [2.05, 4.69) is 5.32 Å². The largest absolute Gasteiger partial charge is 0.369 e. The number of carbonyl (C=O) groups excluding carboxylic acids is 2. The molecule has 5 nitrogen and oxygen atoms in total. The fraction of sp³-hybridized carbons (Fsp3) is 0.0625. The number of hydrogen-bond acceptors (Lipinski definition) is 3. The fourth-order valence-corrected chi connectivity index (χ4v) is 1.87. The average molecular weight is 279 g/mol. The molecular formula is C16H13N3O2. The van der Waals surface area contributed by atoms with Crippen molar-refractivity contribution in [2.24, 2.45) is 5.73 Å². The first-order chi connectivity index (χ1) is 10.1. The summed E-state index contributed by atoms with van der Waals surface area (Å²) in [7, 11) is 0. The maximum atomic E-state index is 12.1. The van der Waals surface area contributed by atoms with Crippen LogP contribution in [0.15, 0.2) is 48.5 Å². The molecule has 2 amide bonds. The molecule has 0 saturated heterocycles. The van der Waals surface area contributed by atoms with E-state index in [-0.39, 0.29) is 12.3 Å². The second-order valence-electron chi connectivity index (χ2n) is 4.44. The minimum atomic E-state index is -0.463. The summed E-state index contributed by atoms with van der Waals surface area (Å²) in [5.74, 6) is -0.772. The molecule has 5 heteroatoms. The zero-order chi connectivity index (χ0) is 15.2. The highest BCUT2D eigenvalue weighted by atomic mass is 16.2. The number of primary amides is 1. The number of nitrogens with two attached hydrogens (primary N) is 1. The smallest absolute Gasteiger partial charge is 0.255 e. The highest BCUT2D eigenvalue weighted by Gasteiger charge is 2.10. The standard InChI is InChI=1S/C16H13N3O2/c17-10-11-5-7-12(8-6-11)16(21)19-14-4-2-1-3-13(14)9-15(18)20/h1-8H,9H2,(H2,18,20)(H,19,21). The van der Waals surface area contributed by atoms with Gasteiger partial charge < -0.3 is 11.1 Å². The van der Waals surface area contributed by atoms with E-state index in [0.29, 0.717) is 22.4 Å². The molecule has 104 valence electrons. The summed E-state index contributed by atoms with van der Waals surface area (Å²) in [6.45, 7) is 0. The minimum absolute atomic E-state index is 0.0593. The zero-order valence-corrected chi connectivity index (χ0v) is 11.2. The summed E-state index contributed by atoms with van der Waals surface area (Å²) < 4.78 is 0. The van der Waals surface area contributed by atoms with Gasteiger partial charge in [0.25, 0.3) is 5.91 Å². The number of amides is 2. The van der Waals surface area contributed by atoms with Gasteiger partial charge in [0.15, 0.2) is 0 Å². The van der Waals surface area contributed by atoms with Crippen molar-refractivity contribution in [2.45, 2.75) is 6.42 Å². The number of rotatable bonds is 4. The van der Waals surface area contributed by atoms with Gasteiger partial charge in [0.05, 0.1) is 18.1 Å². The average Bonchev–Trinajstić information content (AvgIpc) is 2.49. The molecule has 2 aromatic carbocycles. The van der Waals surface area contributed by atoms with E-state index >= 15 is 0 Å². The highest BCUT2D eigenvalue weighted by molar-refractivity contribution is 6.05. The van der Waals surface area contributed by atoms with Gasteiger partial charge in [0.2, 0.25) is 5.91 Å². The molecule has 0 radical (unpaired) electrons. The number of nitrogens with one attached hydrogen (secondary N) is 1. The number of carbonyl (C=O) groups is 2. The van der Waals surface area contributed by atoms with Crippen LogP contribution in [0.2, 0.25) is 0 Å².